The molecule has 9 nitrogen and oxygen atoms in total. The maximum absolute atomic E-state index is 12.6. The minimum Gasteiger partial charge on any atom is -0.378 e. The molecular weight excluding hydrogens is 406 g/mol. The SMILES string of the molecule is CS(=O)(=O)c1cnc(N2CCOCC2)nc1C1CCN(C(=O)CN2CCCC2)CC1. The van der Waals surface area contributed by atoms with Crippen molar-refractivity contribution < 1.29 is 17.9 Å². The van der Waals surface area contributed by atoms with Crippen LogP contribution in [0.15, 0.2) is 11.1 Å². The van der Waals surface area contributed by atoms with Crippen molar-refractivity contribution in [3.63, 3.8) is 0 Å². The average molecular weight is 438 g/mol. The molecular formula is C20H31N5O4S. The van der Waals surface area contributed by atoms with Gasteiger partial charge in [-0.2, -0.15) is 0 Å². The highest BCUT2D eigenvalue weighted by Crippen LogP contribution is 2.32. The second kappa shape index (κ2) is 9.15. The third-order valence-corrected chi connectivity index (χ3v) is 7.37. The number of piperidine rings is 1. The molecule has 4 rings (SSSR count). The summed E-state index contributed by atoms with van der Waals surface area (Å²) in [5.41, 5.74) is 0.598. The summed E-state index contributed by atoms with van der Waals surface area (Å²) in [6.07, 6.45) is 6.43. The predicted octanol–water partition coefficient (Wildman–Crippen LogP) is 0.519. The highest BCUT2D eigenvalue weighted by molar-refractivity contribution is 7.90. The highest BCUT2D eigenvalue weighted by Gasteiger charge is 2.30. The van der Waals surface area contributed by atoms with Gasteiger partial charge in [-0.1, -0.05) is 0 Å². The van der Waals surface area contributed by atoms with Gasteiger partial charge in [0.15, 0.2) is 9.84 Å². The largest absolute Gasteiger partial charge is 0.378 e. The Morgan fingerprint density at radius 3 is 2.40 bits per heavy atom. The van der Waals surface area contributed by atoms with Gasteiger partial charge < -0.3 is 14.5 Å². The van der Waals surface area contributed by atoms with Crippen LogP contribution in [0.5, 0.6) is 0 Å². The predicted molar refractivity (Wildman–Crippen MR) is 112 cm³/mol. The molecule has 0 aromatic carbocycles. The van der Waals surface area contributed by atoms with Gasteiger partial charge in [-0.15, -0.1) is 0 Å². The molecule has 0 aliphatic carbocycles. The molecule has 0 spiro atoms. The monoisotopic (exact) mass is 437 g/mol. The highest BCUT2D eigenvalue weighted by atomic mass is 32.2. The molecule has 0 atom stereocenters. The Morgan fingerprint density at radius 1 is 1.10 bits per heavy atom. The van der Waals surface area contributed by atoms with Crippen molar-refractivity contribution in [3.05, 3.63) is 11.9 Å². The summed E-state index contributed by atoms with van der Waals surface area (Å²) in [6, 6.07) is 0. The first-order chi connectivity index (χ1) is 14.4. The van der Waals surface area contributed by atoms with E-state index in [0.717, 1.165) is 13.1 Å². The van der Waals surface area contributed by atoms with Gasteiger partial charge in [0.25, 0.3) is 0 Å². The number of carbonyl (C=O) groups is 1. The molecule has 3 saturated heterocycles. The zero-order chi connectivity index (χ0) is 21.1. The van der Waals surface area contributed by atoms with E-state index in [4.69, 9.17) is 9.72 Å². The maximum atomic E-state index is 12.6. The molecule has 4 heterocycles. The van der Waals surface area contributed by atoms with Crippen LogP contribution in [0, 0.1) is 0 Å². The second-order valence-electron chi connectivity index (χ2n) is 8.43. The van der Waals surface area contributed by atoms with Crippen LogP contribution < -0.4 is 4.90 Å². The van der Waals surface area contributed by atoms with E-state index in [1.54, 1.807) is 0 Å². The van der Waals surface area contributed by atoms with E-state index in [1.807, 2.05) is 9.80 Å². The lowest BCUT2D eigenvalue weighted by atomic mass is 9.93. The molecule has 1 aromatic rings. The fourth-order valence-corrected chi connectivity index (χ4v) is 5.34. The third kappa shape index (κ3) is 4.92. The van der Waals surface area contributed by atoms with E-state index < -0.39 is 9.84 Å². The summed E-state index contributed by atoms with van der Waals surface area (Å²) < 4.78 is 30.1. The van der Waals surface area contributed by atoms with Crippen molar-refractivity contribution in [2.75, 3.05) is 70.2 Å². The van der Waals surface area contributed by atoms with Gasteiger partial charge in [0.05, 0.1) is 31.6 Å². The summed E-state index contributed by atoms with van der Waals surface area (Å²) in [4.78, 5) is 28.0. The lowest BCUT2D eigenvalue weighted by molar-refractivity contribution is -0.133. The number of hydrogen-bond donors (Lipinski definition) is 0. The Balaban J connectivity index is 1.47. The van der Waals surface area contributed by atoms with Crippen LogP contribution in [-0.4, -0.2) is 99.4 Å². The van der Waals surface area contributed by atoms with Crippen LogP contribution in [0.4, 0.5) is 5.95 Å². The van der Waals surface area contributed by atoms with E-state index >= 15 is 0 Å². The zero-order valence-electron chi connectivity index (χ0n) is 17.6. The first-order valence-electron chi connectivity index (χ1n) is 10.8. The number of rotatable bonds is 5. The Hall–Kier alpha value is -1.78. The molecule has 166 valence electrons. The first-order valence-corrected chi connectivity index (χ1v) is 12.7. The van der Waals surface area contributed by atoms with Crippen molar-refractivity contribution in [1.29, 1.82) is 0 Å². The minimum absolute atomic E-state index is 0.00773. The van der Waals surface area contributed by atoms with Crippen molar-refractivity contribution >= 4 is 21.7 Å². The summed E-state index contributed by atoms with van der Waals surface area (Å²) >= 11 is 0. The van der Waals surface area contributed by atoms with Gasteiger partial charge in [0.2, 0.25) is 11.9 Å². The number of morpholine rings is 1. The van der Waals surface area contributed by atoms with Crippen molar-refractivity contribution in [1.82, 2.24) is 19.8 Å². The number of amides is 1. The number of nitrogens with zero attached hydrogens (tertiary/aromatic N) is 5. The summed E-state index contributed by atoms with van der Waals surface area (Å²) in [6.45, 7) is 6.40. The Kier molecular flexibility index (Phi) is 6.54. The molecule has 0 N–H and O–H groups in total. The molecule has 0 bridgehead atoms. The minimum atomic E-state index is -3.43. The molecule has 0 unspecified atom stereocenters. The first kappa shape index (κ1) is 21.5. The Labute approximate surface area is 178 Å². The van der Waals surface area contributed by atoms with Crippen LogP contribution in [0.25, 0.3) is 0 Å². The molecule has 3 fully saturated rings. The zero-order valence-corrected chi connectivity index (χ0v) is 18.4. The summed E-state index contributed by atoms with van der Waals surface area (Å²) in [7, 11) is -3.43. The molecule has 1 amide bonds. The molecule has 10 heteroatoms. The van der Waals surface area contributed by atoms with E-state index in [-0.39, 0.29) is 16.7 Å². The van der Waals surface area contributed by atoms with Gasteiger partial charge in [-0.3, -0.25) is 9.69 Å². The number of likely N-dealkylation sites (tertiary alicyclic amines) is 2. The molecule has 0 radical (unpaired) electrons. The normalized spacial score (nSPS) is 21.9. The number of carbonyl (C=O) groups excluding carboxylic acids is 1. The van der Waals surface area contributed by atoms with Crippen molar-refractivity contribution in [3.8, 4) is 0 Å². The number of hydrogen-bond acceptors (Lipinski definition) is 8. The molecule has 3 aliphatic rings. The van der Waals surface area contributed by atoms with E-state index in [0.29, 0.717) is 70.4 Å². The van der Waals surface area contributed by atoms with E-state index in [1.165, 1.54) is 25.3 Å². The topological polar surface area (TPSA) is 95.9 Å². The van der Waals surface area contributed by atoms with Crippen molar-refractivity contribution in [2.24, 2.45) is 0 Å². The molecule has 0 saturated carbocycles. The fourth-order valence-electron chi connectivity index (χ4n) is 4.50. The van der Waals surface area contributed by atoms with Gasteiger partial charge >= 0.3 is 0 Å². The van der Waals surface area contributed by atoms with Crippen LogP contribution in [-0.2, 0) is 19.4 Å². The van der Waals surface area contributed by atoms with Crippen LogP contribution in [0.3, 0.4) is 0 Å². The number of anilines is 1. The lowest BCUT2D eigenvalue weighted by Crippen LogP contribution is -2.43. The molecule has 30 heavy (non-hydrogen) atoms. The fraction of sp³-hybridized carbons (Fsp3) is 0.750. The summed E-state index contributed by atoms with van der Waals surface area (Å²) in [5.74, 6) is 0.747. The van der Waals surface area contributed by atoms with Gasteiger partial charge in [-0.05, 0) is 38.8 Å². The van der Waals surface area contributed by atoms with Crippen molar-refractivity contribution in [2.45, 2.75) is 36.5 Å². The molecule has 3 aliphatic heterocycles. The quantitative estimate of drug-likeness (QED) is 0.658. The average Bonchev–Trinajstić information content (AvgIpc) is 3.26. The van der Waals surface area contributed by atoms with Gasteiger partial charge in [0.1, 0.15) is 4.90 Å². The van der Waals surface area contributed by atoms with Gasteiger partial charge in [0, 0.05) is 38.4 Å². The lowest BCUT2D eigenvalue weighted by Gasteiger charge is -2.34. The van der Waals surface area contributed by atoms with E-state index in [9.17, 15) is 13.2 Å². The molecule has 1 aromatic heterocycles. The Bertz CT molecular complexity index is 858. The number of ether oxygens (including phenoxy) is 1. The smallest absolute Gasteiger partial charge is 0.236 e. The standard InChI is InChI=1S/C20H31N5O4S/c1-30(27,28)17-14-21-20(25-10-12-29-13-11-25)22-19(17)16-4-8-24(9-5-16)18(26)15-23-6-2-3-7-23/h14,16H,2-13,15H2,1H3. The van der Waals surface area contributed by atoms with Crippen LogP contribution in [0.2, 0.25) is 0 Å². The van der Waals surface area contributed by atoms with Crippen LogP contribution in [0.1, 0.15) is 37.3 Å². The summed E-state index contributed by atoms with van der Waals surface area (Å²) in [5, 5.41) is 0. The van der Waals surface area contributed by atoms with E-state index in [2.05, 4.69) is 9.88 Å². The Morgan fingerprint density at radius 2 is 1.77 bits per heavy atom. The number of aromatic nitrogens is 2. The third-order valence-electron chi connectivity index (χ3n) is 6.26. The number of sulfone groups is 1. The van der Waals surface area contributed by atoms with Crippen LogP contribution >= 0.6 is 0 Å². The van der Waals surface area contributed by atoms with Gasteiger partial charge in [-0.25, -0.2) is 18.4 Å². The second-order valence-corrected chi connectivity index (χ2v) is 10.4. The maximum Gasteiger partial charge on any atom is 0.236 e.